The molecule has 0 aliphatic heterocycles. The van der Waals surface area contributed by atoms with Gasteiger partial charge >= 0.3 is 42.1 Å². The van der Waals surface area contributed by atoms with E-state index < -0.39 is 36.7 Å². The van der Waals surface area contributed by atoms with Crippen molar-refractivity contribution in [2.45, 2.75) is 12.8 Å². The third-order valence-corrected chi connectivity index (χ3v) is 0.577. The predicted molar refractivity (Wildman–Crippen MR) is 29.3 cm³/mol. The summed E-state index contributed by atoms with van der Waals surface area (Å²) in [6, 6.07) is 0. The molecular weight excluding hydrogens is 590 g/mol. The summed E-state index contributed by atoms with van der Waals surface area (Å²) in [5, 5.41) is 37.1. The summed E-state index contributed by atoms with van der Waals surface area (Å²) in [5.74, 6) is -6.50. The van der Waals surface area contributed by atoms with Crippen LogP contribution in [0.15, 0.2) is 0 Å². The van der Waals surface area contributed by atoms with Gasteiger partial charge < -0.3 is 39.6 Å². The molecule has 0 aliphatic carbocycles. The topological polar surface area (TPSA) is 161 Å². The molecule has 0 N–H and O–H groups in total. The minimum Gasteiger partial charge on any atom is -0.550 e. The Bertz CT molecular complexity index is 201. The zero-order valence-corrected chi connectivity index (χ0v) is 11.9. The maximum Gasteiger partial charge on any atom is 2.00 e. The van der Waals surface area contributed by atoms with Crippen LogP contribution in [0.5, 0.6) is 0 Å². The van der Waals surface area contributed by atoms with Crippen LogP contribution < -0.4 is 20.4 Å². The molecule has 0 aromatic carbocycles. The van der Waals surface area contributed by atoms with Gasteiger partial charge in [-0.25, -0.2) is 0 Å². The van der Waals surface area contributed by atoms with E-state index in [-0.39, 0.29) is 42.1 Å². The maximum atomic E-state index is 9.28. The van der Waals surface area contributed by atoms with Gasteiger partial charge in [-0.2, -0.15) is 0 Å². The van der Waals surface area contributed by atoms with Crippen LogP contribution in [0.1, 0.15) is 12.8 Å². The van der Waals surface area contributed by atoms with E-state index in [2.05, 4.69) is 0 Å². The second-order valence-electron chi connectivity index (χ2n) is 1.84. The number of carboxylic acids is 4. The molecule has 0 spiro atoms. The third kappa shape index (κ3) is 37.8. The zero-order valence-electron chi connectivity index (χ0n) is 7.31. The second kappa shape index (κ2) is 14.3. The SMILES string of the molecule is O=C([O-])CC(=O)[O-].O=C([O-])CC(=O)[O-].[Pt+2].[Pt+2]. The van der Waals surface area contributed by atoms with Crippen LogP contribution in [-0.2, 0) is 61.3 Å². The fraction of sp³-hybridized carbons (Fsp3) is 0.333. The molecule has 0 aromatic rings. The van der Waals surface area contributed by atoms with Gasteiger partial charge in [0.2, 0.25) is 0 Å². The minimum atomic E-state index is -1.63. The van der Waals surface area contributed by atoms with Crippen molar-refractivity contribution in [2.75, 3.05) is 0 Å². The molecule has 0 aliphatic rings. The van der Waals surface area contributed by atoms with E-state index in [9.17, 15) is 39.6 Å². The van der Waals surface area contributed by atoms with E-state index in [0.717, 1.165) is 0 Å². The first-order valence-corrected chi connectivity index (χ1v) is 3.05. The van der Waals surface area contributed by atoms with Crippen molar-refractivity contribution in [3.8, 4) is 0 Å². The van der Waals surface area contributed by atoms with Crippen LogP contribution in [-0.4, -0.2) is 23.9 Å². The number of rotatable bonds is 4. The van der Waals surface area contributed by atoms with E-state index in [1.165, 1.54) is 0 Å². The number of carbonyl (C=O) groups excluding carboxylic acids is 4. The van der Waals surface area contributed by atoms with Gasteiger partial charge in [0.15, 0.2) is 0 Å². The van der Waals surface area contributed by atoms with Gasteiger partial charge in [-0.3, -0.25) is 0 Å². The minimum absolute atomic E-state index is 0. The van der Waals surface area contributed by atoms with Crippen molar-refractivity contribution in [1.29, 1.82) is 0 Å². The van der Waals surface area contributed by atoms with Crippen LogP contribution in [0.25, 0.3) is 0 Å². The number of aliphatic carboxylic acids is 4. The Morgan fingerprint density at radius 2 is 0.688 bits per heavy atom. The van der Waals surface area contributed by atoms with Crippen molar-refractivity contribution in [3.63, 3.8) is 0 Å². The van der Waals surface area contributed by atoms with Crippen LogP contribution in [0.4, 0.5) is 0 Å². The first kappa shape index (κ1) is 24.5. The average molecular weight is 594 g/mol. The van der Waals surface area contributed by atoms with E-state index in [1.807, 2.05) is 0 Å². The summed E-state index contributed by atoms with van der Waals surface area (Å²) >= 11 is 0. The maximum absolute atomic E-state index is 9.28. The van der Waals surface area contributed by atoms with Gasteiger partial charge in [-0.1, -0.05) is 0 Å². The average Bonchev–Trinajstić information content (AvgIpc) is 1.79. The van der Waals surface area contributed by atoms with Crippen LogP contribution in [0, 0.1) is 0 Å². The van der Waals surface area contributed by atoms with Crippen LogP contribution >= 0.6 is 0 Å². The second-order valence-corrected chi connectivity index (χ2v) is 1.84. The van der Waals surface area contributed by atoms with Gasteiger partial charge in [0.1, 0.15) is 0 Å². The van der Waals surface area contributed by atoms with Crippen molar-refractivity contribution in [2.24, 2.45) is 0 Å². The summed E-state index contributed by atoms with van der Waals surface area (Å²) in [6.45, 7) is 0. The number of carboxylic acid groups (broad SMARTS) is 4. The Labute approximate surface area is 118 Å². The van der Waals surface area contributed by atoms with Gasteiger partial charge in [0, 0.05) is 36.7 Å². The molecule has 0 heterocycles. The summed E-state index contributed by atoms with van der Waals surface area (Å²) < 4.78 is 0. The van der Waals surface area contributed by atoms with Crippen molar-refractivity contribution < 1.29 is 81.7 Å². The van der Waals surface area contributed by atoms with Crippen LogP contribution in [0.2, 0.25) is 0 Å². The molecule has 0 amide bonds. The van der Waals surface area contributed by atoms with E-state index >= 15 is 0 Å². The number of hydrogen-bond donors (Lipinski definition) is 0. The first-order chi connectivity index (χ1) is 6.25. The van der Waals surface area contributed by atoms with Gasteiger partial charge in [0.05, 0.1) is 0 Å². The van der Waals surface area contributed by atoms with Gasteiger partial charge in [0.25, 0.3) is 0 Å². The standard InChI is InChI=1S/2C3H4O4.2Pt/c2*4-2(5)1-3(6)7;;/h2*1H2,(H,4,5)(H,6,7);;/q;;2*+2/p-4. The van der Waals surface area contributed by atoms with Gasteiger partial charge in [-0.05, 0) is 0 Å². The molecule has 0 saturated heterocycles. The molecule has 0 bridgehead atoms. The molecular formula is C6H4O8Pt2. The molecule has 0 rings (SSSR count). The normalized spacial score (nSPS) is 7.00. The molecule has 0 unspecified atom stereocenters. The van der Waals surface area contributed by atoms with Crippen molar-refractivity contribution >= 4 is 23.9 Å². The predicted octanol–water partition coefficient (Wildman–Crippen LogP) is -6.25. The van der Waals surface area contributed by atoms with E-state index in [1.54, 1.807) is 0 Å². The molecule has 10 heteroatoms. The summed E-state index contributed by atoms with van der Waals surface area (Å²) in [5.41, 5.74) is 0. The molecule has 0 radical (unpaired) electrons. The fourth-order valence-electron chi connectivity index (χ4n) is 0.236. The van der Waals surface area contributed by atoms with E-state index in [4.69, 9.17) is 0 Å². The van der Waals surface area contributed by atoms with Gasteiger partial charge in [-0.15, -0.1) is 0 Å². The quantitative estimate of drug-likeness (QED) is 0.291. The Hall–Kier alpha value is -0.743. The Kier molecular flexibility index (Phi) is 21.8. The van der Waals surface area contributed by atoms with Crippen molar-refractivity contribution in [1.82, 2.24) is 0 Å². The zero-order chi connectivity index (χ0) is 11.7. The molecule has 0 atom stereocenters. The first-order valence-electron chi connectivity index (χ1n) is 3.05. The molecule has 0 fully saturated rings. The largest absolute Gasteiger partial charge is 2.00 e. The molecule has 96 valence electrons. The Balaban J connectivity index is -0.0000000800. The Morgan fingerprint density at radius 3 is 0.688 bits per heavy atom. The third-order valence-electron chi connectivity index (χ3n) is 0.577. The summed E-state index contributed by atoms with van der Waals surface area (Å²) in [7, 11) is 0. The molecule has 0 aromatic heterocycles. The van der Waals surface area contributed by atoms with E-state index in [0.29, 0.717) is 0 Å². The monoisotopic (exact) mass is 594 g/mol. The number of carbonyl (C=O) groups is 4. The molecule has 0 saturated carbocycles. The number of hydrogen-bond acceptors (Lipinski definition) is 8. The molecule has 8 nitrogen and oxygen atoms in total. The van der Waals surface area contributed by atoms with Crippen molar-refractivity contribution in [3.05, 3.63) is 0 Å². The molecule has 16 heavy (non-hydrogen) atoms. The summed E-state index contributed by atoms with van der Waals surface area (Å²) in [4.78, 5) is 37.1. The smallest absolute Gasteiger partial charge is 0.550 e. The van der Waals surface area contributed by atoms with Crippen LogP contribution in [0.3, 0.4) is 0 Å². The summed E-state index contributed by atoms with van der Waals surface area (Å²) in [6.07, 6.45) is -2.06. The fourth-order valence-corrected chi connectivity index (χ4v) is 0.236. The Morgan fingerprint density at radius 1 is 0.562 bits per heavy atom.